The van der Waals surface area contributed by atoms with Crippen LogP contribution in [0.5, 0.6) is 0 Å². The zero-order chi connectivity index (χ0) is 37.7. The molecule has 50 heavy (non-hydrogen) atoms. The molecule has 0 saturated heterocycles. The molecule has 2 heterocycles. The van der Waals surface area contributed by atoms with Crippen LogP contribution >= 0.6 is 11.3 Å². The molecule has 1 aromatic heterocycles. The lowest BCUT2D eigenvalue weighted by Crippen LogP contribution is -2.59. The van der Waals surface area contributed by atoms with E-state index in [0.29, 0.717) is 20.6 Å². The molecule has 0 atom stereocenters. The minimum absolute atomic E-state index is 0.0241. The molecule has 0 aliphatic carbocycles. The lowest BCUT2D eigenvalue weighted by molar-refractivity contribution is -0.164. The van der Waals surface area contributed by atoms with Crippen LogP contribution in [0.2, 0.25) is 0 Å². The van der Waals surface area contributed by atoms with Gasteiger partial charge in [-0.25, -0.2) is 4.98 Å². The average molecular weight is 706 g/mol. The predicted molar refractivity (Wildman–Crippen MR) is 196 cm³/mol. The molecule has 0 spiro atoms. The van der Waals surface area contributed by atoms with Gasteiger partial charge in [-0.3, -0.25) is 33.7 Å². The van der Waals surface area contributed by atoms with Crippen LogP contribution in [-0.4, -0.2) is 74.0 Å². The Morgan fingerprint density at radius 2 is 1.40 bits per heavy atom. The summed E-state index contributed by atoms with van der Waals surface area (Å²) in [4.78, 5) is 91.8. The number of amides is 6. The van der Waals surface area contributed by atoms with Crippen molar-refractivity contribution in [3.8, 4) is 0 Å². The van der Waals surface area contributed by atoms with Gasteiger partial charge in [-0.05, 0) is 64.3 Å². The number of thiazole rings is 1. The summed E-state index contributed by atoms with van der Waals surface area (Å²) < 4.78 is 0. The molecule has 1 aliphatic rings. The summed E-state index contributed by atoms with van der Waals surface area (Å²) in [5, 5.41) is 1.68. The van der Waals surface area contributed by atoms with Gasteiger partial charge in [0, 0.05) is 49.0 Å². The molecule has 3 rings (SSSR count). The van der Waals surface area contributed by atoms with Crippen LogP contribution in [-0.2, 0) is 29.4 Å². The van der Waals surface area contributed by atoms with Crippen LogP contribution in [0.15, 0.2) is 47.1 Å². The van der Waals surface area contributed by atoms with E-state index in [4.69, 9.17) is 4.98 Å². The number of hydrogen-bond acceptors (Lipinski definition) is 9. The molecule has 1 aromatic carbocycles. The van der Waals surface area contributed by atoms with Crippen LogP contribution in [0.4, 0.5) is 5.13 Å². The first-order valence-corrected chi connectivity index (χ1v) is 17.9. The number of hydrogen-bond donors (Lipinski definition) is 0. The Kier molecular flexibility index (Phi) is 12.8. The van der Waals surface area contributed by atoms with Gasteiger partial charge in [-0.1, -0.05) is 77.0 Å². The standard InChI is InChI=1S/C38H51N5O6S/c1-12-14-21-40(22-15-13-2)36-39-31(37(6,7)8)29(50-36)23-28-24(3)30(34(48)41(25(4)44)38(9,10)11)35(49)43(33(28)47)42(26(5)45)32(46)27-19-17-16-18-20-27/h16-20,23H,12-15,21-22H2,1-11H3/b28-23-. The molecule has 1 aliphatic heterocycles. The van der Waals surface area contributed by atoms with E-state index in [0.717, 1.165) is 55.7 Å². The van der Waals surface area contributed by atoms with E-state index >= 15 is 0 Å². The highest BCUT2D eigenvalue weighted by molar-refractivity contribution is 7.16. The van der Waals surface area contributed by atoms with Gasteiger partial charge in [-0.2, -0.15) is 10.0 Å². The quantitative estimate of drug-likeness (QED) is 0.144. The first-order chi connectivity index (χ1) is 23.3. The van der Waals surface area contributed by atoms with Gasteiger partial charge < -0.3 is 4.90 Å². The molecular formula is C38H51N5O6S. The zero-order valence-corrected chi connectivity index (χ0v) is 32.1. The summed E-state index contributed by atoms with van der Waals surface area (Å²) >= 11 is 1.40. The molecule has 6 amide bonds. The van der Waals surface area contributed by atoms with Gasteiger partial charge in [0.25, 0.3) is 23.6 Å². The minimum atomic E-state index is -1.18. The van der Waals surface area contributed by atoms with Crippen molar-refractivity contribution in [3.63, 3.8) is 0 Å². The molecule has 11 nitrogen and oxygen atoms in total. The number of unbranched alkanes of at least 4 members (excludes halogenated alkanes) is 2. The number of imide groups is 3. The Labute approximate surface area is 300 Å². The fourth-order valence-corrected chi connectivity index (χ4v) is 6.97. The van der Waals surface area contributed by atoms with Gasteiger partial charge in [0.15, 0.2) is 5.13 Å². The van der Waals surface area contributed by atoms with Crippen LogP contribution < -0.4 is 4.90 Å². The zero-order valence-electron chi connectivity index (χ0n) is 31.3. The third-order valence-electron chi connectivity index (χ3n) is 8.18. The van der Waals surface area contributed by atoms with Crippen molar-refractivity contribution in [2.75, 3.05) is 18.0 Å². The van der Waals surface area contributed by atoms with E-state index in [2.05, 4.69) is 18.7 Å². The van der Waals surface area contributed by atoms with Crippen molar-refractivity contribution >= 4 is 58.0 Å². The maximum Gasteiger partial charge on any atom is 0.286 e. The maximum absolute atomic E-state index is 14.5. The first kappa shape index (κ1) is 40.0. The van der Waals surface area contributed by atoms with Gasteiger partial charge in [-0.15, -0.1) is 0 Å². The van der Waals surface area contributed by atoms with E-state index in [-0.39, 0.29) is 16.7 Å². The highest BCUT2D eigenvalue weighted by atomic mass is 32.1. The highest BCUT2D eigenvalue weighted by Gasteiger charge is 2.47. The van der Waals surface area contributed by atoms with Crippen molar-refractivity contribution in [2.24, 2.45) is 0 Å². The minimum Gasteiger partial charge on any atom is -0.348 e. The molecule has 0 unspecified atom stereocenters. The highest BCUT2D eigenvalue weighted by Crippen LogP contribution is 2.38. The number of carbonyl (C=O) groups excluding carboxylic acids is 6. The van der Waals surface area contributed by atoms with Crippen LogP contribution in [0.1, 0.15) is 123 Å². The molecule has 12 heteroatoms. The van der Waals surface area contributed by atoms with Crippen molar-refractivity contribution in [1.29, 1.82) is 0 Å². The summed E-state index contributed by atoms with van der Waals surface area (Å²) in [6, 6.07) is 7.76. The molecule has 0 radical (unpaired) electrons. The Balaban J connectivity index is 2.39. The summed E-state index contributed by atoms with van der Waals surface area (Å²) in [7, 11) is 0. The predicted octanol–water partition coefficient (Wildman–Crippen LogP) is 6.69. The number of hydrazine groups is 1. The fourth-order valence-electron chi connectivity index (χ4n) is 5.70. The lowest BCUT2D eigenvalue weighted by Gasteiger charge is -2.38. The fraction of sp³-hybridized carbons (Fsp3) is 0.500. The van der Waals surface area contributed by atoms with Crippen molar-refractivity contribution in [1.82, 2.24) is 19.9 Å². The van der Waals surface area contributed by atoms with E-state index in [1.807, 2.05) is 20.8 Å². The monoisotopic (exact) mass is 705 g/mol. The van der Waals surface area contributed by atoms with E-state index < -0.39 is 52.0 Å². The van der Waals surface area contributed by atoms with E-state index in [1.165, 1.54) is 37.3 Å². The summed E-state index contributed by atoms with van der Waals surface area (Å²) in [5.74, 6) is -5.55. The van der Waals surface area contributed by atoms with Crippen molar-refractivity contribution in [2.45, 2.75) is 113 Å². The topological polar surface area (TPSA) is 128 Å². The second-order valence-corrected chi connectivity index (χ2v) is 15.5. The molecular weight excluding hydrogens is 655 g/mol. The smallest absolute Gasteiger partial charge is 0.286 e. The molecule has 2 aromatic rings. The molecule has 0 fully saturated rings. The third-order valence-corrected chi connectivity index (χ3v) is 9.25. The van der Waals surface area contributed by atoms with E-state index in [1.54, 1.807) is 45.0 Å². The molecule has 0 N–H and O–H groups in total. The first-order valence-electron chi connectivity index (χ1n) is 17.1. The second kappa shape index (κ2) is 16.1. The third kappa shape index (κ3) is 8.64. The largest absolute Gasteiger partial charge is 0.348 e. The second-order valence-electron chi connectivity index (χ2n) is 14.5. The SMILES string of the molecule is CCCCN(CCCC)c1nc(C(C)(C)C)c(/C=C2\C(=O)N(N(C(C)=O)C(=O)c3ccccc3)C(=O)C(C(=O)N(C(C)=O)C(C)(C)C)=C2C)s1. The summed E-state index contributed by atoms with van der Waals surface area (Å²) in [6.07, 6.45) is 5.56. The van der Waals surface area contributed by atoms with E-state index in [9.17, 15) is 28.8 Å². The summed E-state index contributed by atoms with van der Waals surface area (Å²) in [5.41, 5.74) is -1.29. The average Bonchev–Trinajstić information content (AvgIpc) is 3.45. The number of carbonyl (C=O) groups is 6. The lowest BCUT2D eigenvalue weighted by atomic mass is 9.89. The Bertz CT molecular complexity index is 1700. The number of nitrogens with zero attached hydrogens (tertiary/aromatic N) is 5. The number of anilines is 1. The van der Waals surface area contributed by atoms with Gasteiger partial charge in [0.1, 0.15) is 5.57 Å². The number of benzene rings is 1. The van der Waals surface area contributed by atoms with Crippen molar-refractivity contribution in [3.05, 3.63) is 63.2 Å². The van der Waals surface area contributed by atoms with Crippen LogP contribution in [0, 0.1) is 0 Å². The molecule has 0 bridgehead atoms. The van der Waals surface area contributed by atoms with Gasteiger partial charge >= 0.3 is 0 Å². The Morgan fingerprint density at radius 1 is 0.840 bits per heavy atom. The molecule has 0 saturated carbocycles. The van der Waals surface area contributed by atoms with Gasteiger partial charge in [0.2, 0.25) is 11.8 Å². The number of rotatable bonds is 11. The maximum atomic E-state index is 14.5. The normalized spacial score (nSPS) is 14.7. The van der Waals surface area contributed by atoms with Crippen LogP contribution in [0.3, 0.4) is 0 Å². The van der Waals surface area contributed by atoms with Gasteiger partial charge in [0.05, 0.1) is 10.6 Å². The number of aromatic nitrogens is 1. The van der Waals surface area contributed by atoms with Crippen LogP contribution in [0.25, 0.3) is 6.08 Å². The Morgan fingerprint density at radius 3 is 1.86 bits per heavy atom. The summed E-state index contributed by atoms with van der Waals surface area (Å²) in [6.45, 7) is 20.6. The molecule has 270 valence electrons. The Hall–Kier alpha value is -4.45. The van der Waals surface area contributed by atoms with Crippen molar-refractivity contribution < 1.29 is 28.8 Å².